The lowest BCUT2D eigenvalue weighted by molar-refractivity contribution is 0.281. The van der Waals surface area contributed by atoms with E-state index in [1.54, 1.807) is 0 Å². The molecule has 1 fully saturated rings. The van der Waals surface area contributed by atoms with Crippen molar-refractivity contribution in [2.75, 3.05) is 13.7 Å². The Labute approximate surface area is 116 Å². The van der Waals surface area contributed by atoms with E-state index in [1.807, 2.05) is 0 Å². The third-order valence-electron chi connectivity index (χ3n) is 4.74. The lowest BCUT2D eigenvalue weighted by Crippen LogP contribution is -2.26. The van der Waals surface area contributed by atoms with Gasteiger partial charge >= 0.3 is 0 Å². The van der Waals surface area contributed by atoms with E-state index in [0.717, 1.165) is 6.61 Å². The minimum Gasteiger partial charge on any atom is -0.493 e. The molecule has 1 aromatic carbocycles. The molecule has 0 bridgehead atoms. The lowest BCUT2D eigenvalue weighted by Gasteiger charge is -2.26. The molecule has 3 rings (SSSR count). The summed E-state index contributed by atoms with van der Waals surface area (Å²) in [6.07, 6.45) is 8.97. The Morgan fingerprint density at radius 2 is 2.05 bits per heavy atom. The highest BCUT2D eigenvalue weighted by atomic mass is 16.5. The summed E-state index contributed by atoms with van der Waals surface area (Å²) in [5, 5.41) is 3.48. The van der Waals surface area contributed by atoms with Crippen molar-refractivity contribution in [1.82, 2.24) is 5.32 Å². The monoisotopic (exact) mass is 259 g/mol. The van der Waals surface area contributed by atoms with Crippen LogP contribution in [0.15, 0.2) is 18.2 Å². The Morgan fingerprint density at radius 1 is 1.16 bits per heavy atom. The van der Waals surface area contributed by atoms with Crippen molar-refractivity contribution in [3.05, 3.63) is 29.3 Å². The maximum atomic E-state index is 6.00. The Balaban J connectivity index is 1.88. The molecule has 2 unspecified atom stereocenters. The standard InChI is InChI=1S/C17H25NO/c1-18-15-9-3-2-6-14(12-15)16-10-4-7-13-8-5-11-19-17(13)16/h4,7,10,14-15,18H,2-3,5-6,8-9,11-12H2,1H3. The molecule has 1 N–H and O–H groups in total. The first-order chi connectivity index (χ1) is 9.38. The molecule has 0 radical (unpaired) electrons. The van der Waals surface area contributed by atoms with Gasteiger partial charge in [-0.15, -0.1) is 0 Å². The SMILES string of the molecule is CNC1CCCCC(c2cccc3c2OCCC3)C1. The van der Waals surface area contributed by atoms with Crippen LogP contribution in [0.5, 0.6) is 5.75 Å². The molecule has 0 aromatic heterocycles. The number of ether oxygens (including phenoxy) is 1. The molecule has 19 heavy (non-hydrogen) atoms. The second-order valence-corrected chi connectivity index (χ2v) is 5.99. The molecule has 2 heteroatoms. The molecule has 104 valence electrons. The number of hydrogen-bond acceptors (Lipinski definition) is 2. The normalized spacial score (nSPS) is 27.2. The molecule has 0 spiro atoms. The highest BCUT2D eigenvalue weighted by molar-refractivity contribution is 5.44. The summed E-state index contributed by atoms with van der Waals surface area (Å²) >= 11 is 0. The molecule has 0 saturated heterocycles. The maximum Gasteiger partial charge on any atom is 0.125 e. The van der Waals surface area contributed by atoms with Crippen LogP contribution < -0.4 is 10.1 Å². The number of fused-ring (bicyclic) bond motifs is 1. The summed E-state index contributed by atoms with van der Waals surface area (Å²) in [5.41, 5.74) is 2.90. The predicted octanol–water partition coefficient (Wildman–Crippen LogP) is 3.65. The van der Waals surface area contributed by atoms with E-state index >= 15 is 0 Å². The summed E-state index contributed by atoms with van der Waals surface area (Å²) in [6.45, 7) is 0.895. The molecule has 2 aliphatic rings. The Morgan fingerprint density at radius 3 is 2.95 bits per heavy atom. The van der Waals surface area contributed by atoms with Crippen molar-refractivity contribution in [2.45, 2.75) is 56.9 Å². The lowest BCUT2D eigenvalue weighted by atomic mass is 9.87. The first-order valence-corrected chi connectivity index (χ1v) is 7.80. The quantitative estimate of drug-likeness (QED) is 0.819. The van der Waals surface area contributed by atoms with Crippen molar-refractivity contribution in [3.63, 3.8) is 0 Å². The van der Waals surface area contributed by atoms with Gasteiger partial charge in [0.05, 0.1) is 6.61 Å². The van der Waals surface area contributed by atoms with Gasteiger partial charge in [0.25, 0.3) is 0 Å². The highest BCUT2D eigenvalue weighted by Crippen LogP contribution is 2.39. The predicted molar refractivity (Wildman–Crippen MR) is 78.9 cm³/mol. The van der Waals surface area contributed by atoms with E-state index in [1.165, 1.54) is 61.8 Å². The van der Waals surface area contributed by atoms with Gasteiger partial charge < -0.3 is 10.1 Å². The van der Waals surface area contributed by atoms with Crippen molar-refractivity contribution < 1.29 is 4.74 Å². The molecule has 1 heterocycles. The minimum atomic E-state index is 0.673. The molecule has 1 aliphatic heterocycles. The van der Waals surface area contributed by atoms with Crippen LogP contribution in [0, 0.1) is 0 Å². The van der Waals surface area contributed by atoms with E-state index in [4.69, 9.17) is 4.74 Å². The van der Waals surface area contributed by atoms with Gasteiger partial charge in [-0.05, 0) is 56.2 Å². The van der Waals surface area contributed by atoms with Crippen molar-refractivity contribution in [2.24, 2.45) is 0 Å². The zero-order valence-electron chi connectivity index (χ0n) is 12.0. The maximum absolute atomic E-state index is 6.00. The van der Waals surface area contributed by atoms with Crippen LogP contribution in [0.2, 0.25) is 0 Å². The van der Waals surface area contributed by atoms with Crippen LogP contribution in [0.25, 0.3) is 0 Å². The molecule has 1 aromatic rings. The summed E-state index contributed by atoms with van der Waals surface area (Å²) in [5.74, 6) is 1.89. The molecule has 2 nitrogen and oxygen atoms in total. The van der Waals surface area contributed by atoms with Gasteiger partial charge in [-0.25, -0.2) is 0 Å². The van der Waals surface area contributed by atoms with Gasteiger partial charge in [-0.3, -0.25) is 0 Å². The fourth-order valence-electron chi connectivity index (χ4n) is 3.64. The van der Waals surface area contributed by atoms with Crippen LogP contribution in [0.3, 0.4) is 0 Å². The number of benzene rings is 1. The third-order valence-corrected chi connectivity index (χ3v) is 4.74. The smallest absolute Gasteiger partial charge is 0.125 e. The minimum absolute atomic E-state index is 0.673. The number of hydrogen-bond donors (Lipinski definition) is 1. The van der Waals surface area contributed by atoms with Crippen LogP contribution in [-0.2, 0) is 6.42 Å². The largest absolute Gasteiger partial charge is 0.493 e. The molecular formula is C17H25NO. The zero-order chi connectivity index (χ0) is 13.1. The van der Waals surface area contributed by atoms with Gasteiger partial charge in [0.15, 0.2) is 0 Å². The number of para-hydroxylation sites is 1. The second-order valence-electron chi connectivity index (χ2n) is 5.99. The molecule has 0 amide bonds. The molecular weight excluding hydrogens is 234 g/mol. The van der Waals surface area contributed by atoms with Gasteiger partial charge in [0.1, 0.15) is 5.75 Å². The average Bonchev–Trinajstić information content (AvgIpc) is 2.72. The average molecular weight is 259 g/mol. The van der Waals surface area contributed by atoms with Crippen molar-refractivity contribution >= 4 is 0 Å². The van der Waals surface area contributed by atoms with E-state index < -0.39 is 0 Å². The van der Waals surface area contributed by atoms with Crippen molar-refractivity contribution in [3.8, 4) is 5.75 Å². The van der Waals surface area contributed by atoms with E-state index in [0.29, 0.717) is 12.0 Å². The number of rotatable bonds is 2. The Hall–Kier alpha value is -1.02. The summed E-state index contributed by atoms with van der Waals surface area (Å²) in [7, 11) is 2.10. The van der Waals surface area contributed by atoms with Crippen molar-refractivity contribution in [1.29, 1.82) is 0 Å². The zero-order valence-corrected chi connectivity index (χ0v) is 12.0. The summed E-state index contributed by atoms with van der Waals surface area (Å²) in [6, 6.07) is 7.44. The van der Waals surface area contributed by atoms with Crippen LogP contribution in [0.4, 0.5) is 0 Å². The Bertz CT molecular complexity index is 429. The first-order valence-electron chi connectivity index (χ1n) is 7.80. The molecule has 1 saturated carbocycles. The van der Waals surface area contributed by atoms with Crippen LogP contribution in [-0.4, -0.2) is 19.7 Å². The van der Waals surface area contributed by atoms with Gasteiger partial charge in [0, 0.05) is 6.04 Å². The van der Waals surface area contributed by atoms with E-state index in [9.17, 15) is 0 Å². The molecule has 1 aliphatic carbocycles. The number of aryl methyl sites for hydroxylation is 1. The van der Waals surface area contributed by atoms with Gasteiger partial charge in [-0.1, -0.05) is 31.0 Å². The summed E-state index contributed by atoms with van der Waals surface area (Å²) in [4.78, 5) is 0. The van der Waals surface area contributed by atoms with Crippen LogP contribution >= 0.6 is 0 Å². The fraction of sp³-hybridized carbons (Fsp3) is 0.647. The third kappa shape index (κ3) is 2.79. The topological polar surface area (TPSA) is 21.3 Å². The van der Waals surface area contributed by atoms with Gasteiger partial charge in [0.2, 0.25) is 0 Å². The Kier molecular flexibility index (Phi) is 4.07. The first kappa shape index (κ1) is 13.0. The molecule has 2 atom stereocenters. The highest BCUT2D eigenvalue weighted by Gasteiger charge is 2.25. The van der Waals surface area contributed by atoms with E-state index in [-0.39, 0.29) is 0 Å². The van der Waals surface area contributed by atoms with Crippen LogP contribution in [0.1, 0.15) is 55.6 Å². The van der Waals surface area contributed by atoms with E-state index in [2.05, 4.69) is 30.6 Å². The van der Waals surface area contributed by atoms with Gasteiger partial charge in [-0.2, -0.15) is 0 Å². The second kappa shape index (κ2) is 5.96. The fourth-order valence-corrected chi connectivity index (χ4v) is 3.64. The number of nitrogens with one attached hydrogen (secondary N) is 1. The summed E-state index contributed by atoms with van der Waals surface area (Å²) < 4.78 is 6.00.